The topological polar surface area (TPSA) is 66.4 Å². The fourth-order valence-corrected chi connectivity index (χ4v) is 2.14. The van der Waals surface area contributed by atoms with Crippen LogP contribution in [-0.2, 0) is 11.8 Å². The molecule has 19 heavy (non-hydrogen) atoms. The molecule has 6 heteroatoms. The number of hydrogen-bond donors (Lipinski definition) is 2. The second-order valence-corrected chi connectivity index (χ2v) is 4.76. The van der Waals surface area contributed by atoms with E-state index in [9.17, 15) is 9.59 Å². The SMILES string of the molecule is CCN(CC(=O)NC(=O)c1cccn1C)C1CNC1. The number of aryl methyl sites for hydroxylation is 1. The van der Waals surface area contributed by atoms with E-state index in [0.29, 0.717) is 11.7 Å². The molecule has 1 aliphatic rings. The molecule has 1 aromatic rings. The van der Waals surface area contributed by atoms with Crippen LogP contribution in [-0.4, -0.2) is 53.5 Å². The lowest BCUT2D eigenvalue weighted by Crippen LogP contribution is -2.59. The Balaban J connectivity index is 1.86. The third-order valence-electron chi connectivity index (χ3n) is 3.46. The molecule has 104 valence electrons. The van der Waals surface area contributed by atoms with Crippen molar-refractivity contribution < 1.29 is 9.59 Å². The minimum atomic E-state index is -0.347. The molecule has 0 radical (unpaired) electrons. The van der Waals surface area contributed by atoms with Crippen LogP contribution in [0.3, 0.4) is 0 Å². The van der Waals surface area contributed by atoms with Gasteiger partial charge in [-0.25, -0.2) is 0 Å². The highest BCUT2D eigenvalue weighted by Crippen LogP contribution is 2.04. The van der Waals surface area contributed by atoms with Crippen LogP contribution >= 0.6 is 0 Å². The summed E-state index contributed by atoms with van der Waals surface area (Å²) in [4.78, 5) is 25.8. The van der Waals surface area contributed by atoms with E-state index in [1.807, 2.05) is 6.92 Å². The van der Waals surface area contributed by atoms with Crippen molar-refractivity contribution in [2.45, 2.75) is 13.0 Å². The minimum Gasteiger partial charge on any atom is -0.347 e. The lowest BCUT2D eigenvalue weighted by molar-refractivity contribution is -0.122. The van der Waals surface area contributed by atoms with Crippen LogP contribution in [0.4, 0.5) is 0 Å². The molecule has 1 fully saturated rings. The minimum absolute atomic E-state index is 0.250. The Hall–Kier alpha value is -1.66. The number of imide groups is 1. The van der Waals surface area contributed by atoms with Gasteiger partial charge in [-0.05, 0) is 18.7 Å². The maximum Gasteiger partial charge on any atom is 0.274 e. The van der Waals surface area contributed by atoms with E-state index in [0.717, 1.165) is 19.6 Å². The van der Waals surface area contributed by atoms with Crippen molar-refractivity contribution >= 4 is 11.8 Å². The zero-order chi connectivity index (χ0) is 13.8. The fraction of sp³-hybridized carbons (Fsp3) is 0.538. The summed E-state index contributed by atoms with van der Waals surface area (Å²) in [5.74, 6) is -0.597. The Morgan fingerprint density at radius 1 is 1.53 bits per heavy atom. The highest BCUT2D eigenvalue weighted by molar-refractivity contribution is 6.04. The van der Waals surface area contributed by atoms with Crippen molar-refractivity contribution in [3.63, 3.8) is 0 Å². The maximum absolute atomic E-state index is 11.9. The number of rotatable bonds is 5. The third kappa shape index (κ3) is 3.21. The van der Waals surface area contributed by atoms with Crippen LogP contribution in [0.25, 0.3) is 0 Å². The Morgan fingerprint density at radius 2 is 2.26 bits per heavy atom. The van der Waals surface area contributed by atoms with Crippen molar-refractivity contribution in [3.8, 4) is 0 Å². The van der Waals surface area contributed by atoms with Crippen LogP contribution in [0.5, 0.6) is 0 Å². The summed E-state index contributed by atoms with van der Waals surface area (Å²) in [6, 6.07) is 3.87. The quantitative estimate of drug-likeness (QED) is 0.758. The molecule has 0 atom stereocenters. The van der Waals surface area contributed by atoms with Gasteiger partial charge in [-0.1, -0.05) is 6.92 Å². The average Bonchev–Trinajstić information content (AvgIpc) is 2.72. The summed E-state index contributed by atoms with van der Waals surface area (Å²) in [6.45, 7) is 4.90. The van der Waals surface area contributed by atoms with Gasteiger partial charge in [0.15, 0.2) is 0 Å². The maximum atomic E-state index is 11.9. The largest absolute Gasteiger partial charge is 0.347 e. The van der Waals surface area contributed by atoms with E-state index in [2.05, 4.69) is 15.5 Å². The van der Waals surface area contributed by atoms with Crippen molar-refractivity contribution in [2.24, 2.45) is 7.05 Å². The van der Waals surface area contributed by atoms with Crippen molar-refractivity contribution in [2.75, 3.05) is 26.2 Å². The van der Waals surface area contributed by atoms with Crippen LogP contribution in [0.1, 0.15) is 17.4 Å². The van der Waals surface area contributed by atoms with E-state index in [1.54, 1.807) is 29.9 Å². The van der Waals surface area contributed by atoms with Crippen LogP contribution in [0.15, 0.2) is 18.3 Å². The van der Waals surface area contributed by atoms with Gasteiger partial charge < -0.3 is 9.88 Å². The first-order chi connectivity index (χ1) is 9.11. The second-order valence-electron chi connectivity index (χ2n) is 4.76. The summed E-state index contributed by atoms with van der Waals surface area (Å²) in [6.07, 6.45) is 1.78. The van der Waals surface area contributed by atoms with Crippen LogP contribution in [0.2, 0.25) is 0 Å². The van der Waals surface area contributed by atoms with Gasteiger partial charge >= 0.3 is 0 Å². The highest BCUT2D eigenvalue weighted by atomic mass is 16.2. The first-order valence-electron chi connectivity index (χ1n) is 6.52. The Labute approximate surface area is 112 Å². The second kappa shape index (κ2) is 5.99. The first-order valence-corrected chi connectivity index (χ1v) is 6.52. The van der Waals surface area contributed by atoms with Crippen molar-refractivity contribution in [1.29, 1.82) is 0 Å². The van der Waals surface area contributed by atoms with E-state index >= 15 is 0 Å². The lowest BCUT2D eigenvalue weighted by Gasteiger charge is -2.37. The molecule has 2 rings (SSSR count). The number of aromatic nitrogens is 1. The average molecular weight is 264 g/mol. The third-order valence-corrected chi connectivity index (χ3v) is 3.46. The van der Waals surface area contributed by atoms with Crippen molar-refractivity contribution in [3.05, 3.63) is 24.0 Å². The number of carbonyl (C=O) groups excluding carboxylic acids is 2. The van der Waals surface area contributed by atoms with Gasteiger partial charge in [0.05, 0.1) is 6.54 Å². The normalized spacial score (nSPS) is 15.3. The molecule has 0 aliphatic carbocycles. The molecule has 0 saturated carbocycles. The van der Waals surface area contributed by atoms with Gasteiger partial charge in [-0.2, -0.15) is 0 Å². The van der Waals surface area contributed by atoms with Gasteiger partial charge in [-0.15, -0.1) is 0 Å². The van der Waals surface area contributed by atoms with Crippen molar-refractivity contribution in [1.82, 2.24) is 20.1 Å². The first kappa shape index (κ1) is 13.8. The summed E-state index contributed by atoms with van der Waals surface area (Å²) in [5.41, 5.74) is 0.488. The lowest BCUT2D eigenvalue weighted by atomic mass is 10.1. The number of hydrogen-bond acceptors (Lipinski definition) is 4. The Morgan fingerprint density at radius 3 is 2.74 bits per heavy atom. The van der Waals surface area contributed by atoms with Gasteiger partial charge in [-0.3, -0.25) is 19.8 Å². The molecule has 0 spiro atoms. The molecule has 2 amide bonds. The smallest absolute Gasteiger partial charge is 0.274 e. The Kier molecular flexibility index (Phi) is 4.34. The number of carbonyl (C=O) groups is 2. The van der Waals surface area contributed by atoms with E-state index in [-0.39, 0.29) is 18.4 Å². The molecule has 0 bridgehead atoms. The zero-order valence-corrected chi connectivity index (χ0v) is 11.3. The van der Waals surface area contributed by atoms with E-state index < -0.39 is 0 Å². The predicted molar refractivity (Wildman–Crippen MR) is 71.8 cm³/mol. The molecule has 2 heterocycles. The summed E-state index contributed by atoms with van der Waals surface area (Å²) < 4.78 is 1.69. The van der Waals surface area contributed by atoms with Gasteiger partial charge in [0.1, 0.15) is 5.69 Å². The monoisotopic (exact) mass is 264 g/mol. The van der Waals surface area contributed by atoms with E-state index in [1.165, 1.54) is 0 Å². The molecule has 0 unspecified atom stereocenters. The highest BCUT2D eigenvalue weighted by Gasteiger charge is 2.25. The van der Waals surface area contributed by atoms with Gasteiger partial charge in [0, 0.05) is 32.4 Å². The number of nitrogens with one attached hydrogen (secondary N) is 2. The number of likely N-dealkylation sites (N-methyl/N-ethyl adjacent to an activating group) is 1. The molecule has 2 N–H and O–H groups in total. The number of amides is 2. The predicted octanol–water partition coefficient (Wildman–Crippen LogP) is -0.425. The molecule has 0 aromatic carbocycles. The molecule has 1 saturated heterocycles. The molecule has 1 aromatic heterocycles. The van der Waals surface area contributed by atoms with E-state index in [4.69, 9.17) is 0 Å². The molecular formula is C13H20N4O2. The molecular weight excluding hydrogens is 244 g/mol. The van der Waals surface area contributed by atoms with Gasteiger partial charge in [0.25, 0.3) is 5.91 Å². The van der Waals surface area contributed by atoms with Crippen LogP contribution in [0, 0.1) is 0 Å². The summed E-state index contributed by atoms with van der Waals surface area (Å²) in [5, 5.41) is 5.61. The fourth-order valence-electron chi connectivity index (χ4n) is 2.14. The summed E-state index contributed by atoms with van der Waals surface area (Å²) in [7, 11) is 1.78. The zero-order valence-electron chi connectivity index (χ0n) is 11.3. The summed E-state index contributed by atoms with van der Waals surface area (Å²) >= 11 is 0. The molecule has 1 aliphatic heterocycles. The standard InChI is InChI=1S/C13H20N4O2/c1-3-17(10-7-14-8-10)9-12(18)15-13(19)11-5-4-6-16(11)2/h4-6,10,14H,3,7-9H2,1-2H3,(H,15,18,19). The number of nitrogens with zero attached hydrogens (tertiary/aromatic N) is 2. The van der Waals surface area contributed by atoms with Gasteiger partial charge in [0.2, 0.25) is 5.91 Å². The molecule has 6 nitrogen and oxygen atoms in total. The Bertz CT molecular complexity index is 465. The van der Waals surface area contributed by atoms with Crippen LogP contribution < -0.4 is 10.6 Å².